The van der Waals surface area contributed by atoms with Crippen molar-refractivity contribution in [2.75, 3.05) is 36.0 Å². The first-order chi connectivity index (χ1) is 36.5. The van der Waals surface area contributed by atoms with Crippen molar-refractivity contribution in [3.63, 3.8) is 0 Å². The Hall–Kier alpha value is -8.80. The maximum atomic E-state index is 2.53. The molecule has 5 nitrogen and oxygen atoms in total. The molecule has 74 heavy (non-hydrogen) atoms. The smallest absolute Gasteiger partial charge is 0.0702 e. The van der Waals surface area contributed by atoms with E-state index in [-0.39, 0.29) is 0 Å². The van der Waals surface area contributed by atoms with Crippen LogP contribution in [-0.2, 0) is 5.41 Å². The molecule has 0 unspecified atom stereocenters. The van der Waals surface area contributed by atoms with Gasteiger partial charge in [0.25, 0.3) is 0 Å². The Morgan fingerprint density at radius 1 is 0.270 bits per heavy atom. The van der Waals surface area contributed by atoms with E-state index in [4.69, 9.17) is 0 Å². The van der Waals surface area contributed by atoms with Crippen molar-refractivity contribution >= 4 is 76.8 Å². The molecule has 3 heterocycles. The average molecular weight is 958 g/mol. The largest absolute Gasteiger partial charge is 0.370 e. The molecule has 5 heteroatoms. The van der Waals surface area contributed by atoms with Crippen LogP contribution in [0.1, 0.15) is 49.9 Å². The van der Waals surface area contributed by atoms with Crippen LogP contribution < -0.4 is 9.80 Å². The third-order valence-corrected chi connectivity index (χ3v) is 16.0. The molecule has 0 saturated carbocycles. The summed E-state index contributed by atoms with van der Waals surface area (Å²) in [4.78, 5) is 5.03. The quantitative estimate of drug-likeness (QED) is 0.107. The Morgan fingerprint density at radius 2 is 0.514 bits per heavy atom. The van der Waals surface area contributed by atoms with Crippen LogP contribution in [0.25, 0.3) is 82.5 Å². The molecule has 0 amide bonds. The van der Waals surface area contributed by atoms with Crippen LogP contribution in [0.5, 0.6) is 0 Å². The number of nitrogens with zero attached hydrogens (tertiary/aromatic N) is 5. The van der Waals surface area contributed by atoms with Gasteiger partial charge in [0, 0.05) is 75.6 Å². The standard InChI is InChI=1S/C69H59N5/c1-5-70(6-2)67-46-39-51(47-68(67)71(7-3)8-4)69(48-33-40-52(41-34-48)72-61-27-15-9-21-55(61)56-22-10-16-28-62(56)72,49-35-42-53(43-36-49)73-63-29-17-11-23-57(63)58-24-12-18-30-64(58)73)50-37-44-54(45-38-50)74-65-31-19-13-25-59(65)60-26-14-20-32-66(60)74/h9-47H,5-8H2,1-4H3. The summed E-state index contributed by atoms with van der Waals surface area (Å²) >= 11 is 0. The van der Waals surface area contributed by atoms with Crippen LogP contribution >= 0.6 is 0 Å². The van der Waals surface area contributed by atoms with Gasteiger partial charge in [-0.2, -0.15) is 0 Å². The Labute approximate surface area is 433 Å². The third kappa shape index (κ3) is 6.90. The average Bonchev–Trinajstić information content (AvgIpc) is 4.16. The first-order valence-corrected chi connectivity index (χ1v) is 26.5. The fourth-order valence-corrected chi connectivity index (χ4v) is 12.6. The molecule has 0 spiro atoms. The zero-order valence-electron chi connectivity index (χ0n) is 42.6. The van der Waals surface area contributed by atoms with Crippen molar-refractivity contribution in [3.05, 3.63) is 259 Å². The number of anilines is 2. The fraction of sp³-hybridized carbons (Fsp3) is 0.130. The summed E-state index contributed by atoms with van der Waals surface area (Å²) in [7, 11) is 0. The minimum Gasteiger partial charge on any atom is -0.370 e. The van der Waals surface area contributed by atoms with E-state index in [0.717, 1.165) is 43.2 Å². The van der Waals surface area contributed by atoms with Crippen molar-refractivity contribution in [2.45, 2.75) is 33.1 Å². The molecule has 0 saturated heterocycles. The molecule has 0 aliphatic rings. The Bertz CT molecular complexity index is 3650. The summed E-state index contributed by atoms with van der Waals surface area (Å²) in [5.74, 6) is 0. The van der Waals surface area contributed by atoms with Gasteiger partial charge in [-0.25, -0.2) is 0 Å². The number of para-hydroxylation sites is 6. The van der Waals surface area contributed by atoms with Crippen molar-refractivity contribution in [2.24, 2.45) is 0 Å². The Morgan fingerprint density at radius 3 is 0.784 bits per heavy atom. The number of aromatic nitrogens is 3. The summed E-state index contributed by atoms with van der Waals surface area (Å²) in [6.07, 6.45) is 0. The number of fused-ring (bicyclic) bond motifs is 9. The van der Waals surface area contributed by atoms with Crippen LogP contribution in [0.2, 0.25) is 0 Å². The number of hydrogen-bond donors (Lipinski definition) is 0. The highest BCUT2D eigenvalue weighted by atomic mass is 15.2. The lowest BCUT2D eigenvalue weighted by Crippen LogP contribution is -2.33. The molecular formula is C69H59N5. The molecule has 0 fully saturated rings. The monoisotopic (exact) mass is 957 g/mol. The summed E-state index contributed by atoms with van der Waals surface area (Å²) in [5.41, 5.74) is 17.1. The second-order valence-corrected chi connectivity index (χ2v) is 19.5. The fourth-order valence-electron chi connectivity index (χ4n) is 12.6. The number of benzene rings is 10. The van der Waals surface area contributed by atoms with Crippen molar-refractivity contribution in [1.82, 2.24) is 13.7 Å². The molecule has 13 aromatic rings. The van der Waals surface area contributed by atoms with Crippen molar-refractivity contribution < 1.29 is 0 Å². The van der Waals surface area contributed by atoms with E-state index in [9.17, 15) is 0 Å². The lowest BCUT2D eigenvalue weighted by atomic mass is 9.65. The van der Waals surface area contributed by atoms with E-state index in [0.29, 0.717) is 0 Å². The molecule has 360 valence electrons. The first kappa shape index (κ1) is 45.1. The molecule has 0 bridgehead atoms. The van der Waals surface area contributed by atoms with E-state index in [2.05, 4.69) is 288 Å². The molecule has 0 radical (unpaired) electrons. The van der Waals surface area contributed by atoms with Crippen LogP contribution in [0.15, 0.2) is 237 Å². The first-order valence-electron chi connectivity index (χ1n) is 26.5. The molecule has 0 N–H and O–H groups in total. The number of hydrogen-bond acceptors (Lipinski definition) is 2. The van der Waals surface area contributed by atoms with Crippen LogP contribution in [0.3, 0.4) is 0 Å². The van der Waals surface area contributed by atoms with Crippen molar-refractivity contribution in [1.29, 1.82) is 0 Å². The molecule has 0 atom stereocenters. The van der Waals surface area contributed by atoms with Crippen LogP contribution in [-0.4, -0.2) is 39.9 Å². The molecule has 0 aliphatic carbocycles. The highest BCUT2D eigenvalue weighted by Crippen LogP contribution is 2.49. The molecular weight excluding hydrogens is 899 g/mol. The molecule has 13 rings (SSSR count). The lowest BCUT2D eigenvalue weighted by molar-refractivity contribution is 0.740. The molecule has 0 aliphatic heterocycles. The topological polar surface area (TPSA) is 21.3 Å². The normalized spacial score (nSPS) is 12.0. The van der Waals surface area contributed by atoms with Gasteiger partial charge in [0.2, 0.25) is 0 Å². The minimum atomic E-state index is -0.762. The Balaban J connectivity index is 1.09. The molecule has 10 aromatic carbocycles. The summed E-state index contributed by atoms with van der Waals surface area (Å²) < 4.78 is 7.28. The zero-order valence-corrected chi connectivity index (χ0v) is 42.6. The Kier molecular flexibility index (Phi) is 11.2. The lowest BCUT2D eigenvalue weighted by Gasteiger charge is -2.39. The van der Waals surface area contributed by atoms with Gasteiger partial charge in [0.05, 0.1) is 49.9 Å². The maximum Gasteiger partial charge on any atom is 0.0702 e. The third-order valence-electron chi connectivity index (χ3n) is 16.0. The van der Waals surface area contributed by atoms with E-state index >= 15 is 0 Å². The van der Waals surface area contributed by atoms with Gasteiger partial charge in [0.15, 0.2) is 0 Å². The van der Waals surface area contributed by atoms with Gasteiger partial charge in [-0.15, -0.1) is 0 Å². The van der Waals surface area contributed by atoms with Crippen LogP contribution in [0.4, 0.5) is 11.4 Å². The van der Waals surface area contributed by atoms with Gasteiger partial charge in [0.1, 0.15) is 0 Å². The number of rotatable bonds is 13. The SMILES string of the molecule is CCN(CC)c1ccc(C(c2ccc(-n3c4ccccc4c4ccccc43)cc2)(c2ccc(-n3c4ccccc4c4ccccc43)cc2)c2ccc(-n3c4ccccc4c4ccccc43)cc2)cc1N(CC)CC. The highest BCUT2D eigenvalue weighted by molar-refractivity contribution is 6.11. The highest BCUT2D eigenvalue weighted by Gasteiger charge is 2.40. The van der Waals surface area contributed by atoms with Crippen LogP contribution in [0, 0.1) is 0 Å². The van der Waals surface area contributed by atoms with E-state index in [1.807, 2.05) is 0 Å². The maximum absolute atomic E-state index is 2.53. The molecule has 3 aromatic heterocycles. The predicted molar refractivity (Wildman–Crippen MR) is 315 cm³/mol. The minimum absolute atomic E-state index is 0.762. The van der Waals surface area contributed by atoms with Gasteiger partial charge >= 0.3 is 0 Å². The summed E-state index contributed by atoms with van der Waals surface area (Å²) in [6.45, 7) is 12.7. The van der Waals surface area contributed by atoms with Gasteiger partial charge in [-0.1, -0.05) is 152 Å². The summed E-state index contributed by atoms with van der Waals surface area (Å²) in [6, 6.07) is 88.5. The summed E-state index contributed by atoms with van der Waals surface area (Å²) in [5, 5.41) is 7.53. The van der Waals surface area contributed by atoms with E-state index in [1.165, 1.54) is 99.0 Å². The zero-order chi connectivity index (χ0) is 49.9. The van der Waals surface area contributed by atoms with E-state index in [1.54, 1.807) is 0 Å². The second-order valence-electron chi connectivity index (χ2n) is 19.5. The van der Waals surface area contributed by atoms with Gasteiger partial charge in [-0.3, -0.25) is 0 Å². The van der Waals surface area contributed by atoms with E-state index < -0.39 is 5.41 Å². The van der Waals surface area contributed by atoms with Crippen molar-refractivity contribution in [3.8, 4) is 17.1 Å². The van der Waals surface area contributed by atoms with Gasteiger partial charge < -0.3 is 23.5 Å². The van der Waals surface area contributed by atoms with Gasteiger partial charge in [-0.05, 0) is 135 Å². The predicted octanol–water partition coefficient (Wildman–Crippen LogP) is 17.1. The second kappa shape index (κ2) is 18.4.